The fourth-order valence-corrected chi connectivity index (χ4v) is 3.60. The van der Waals surface area contributed by atoms with Crippen molar-refractivity contribution in [2.75, 3.05) is 13.1 Å². The van der Waals surface area contributed by atoms with E-state index in [0.29, 0.717) is 11.8 Å². The lowest BCUT2D eigenvalue weighted by Crippen LogP contribution is -2.43. The van der Waals surface area contributed by atoms with E-state index in [9.17, 15) is 4.79 Å². The van der Waals surface area contributed by atoms with Gasteiger partial charge in [-0.15, -0.1) is 11.3 Å². The van der Waals surface area contributed by atoms with E-state index in [4.69, 9.17) is 0 Å². The SMILES string of the molecule is O=C(C1CCC1)N1CCC(Cc2nccs2)CC1. The lowest BCUT2D eigenvalue weighted by atomic mass is 9.83. The zero-order valence-corrected chi connectivity index (χ0v) is 11.5. The van der Waals surface area contributed by atoms with Crippen LogP contribution in [-0.2, 0) is 11.2 Å². The topological polar surface area (TPSA) is 33.2 Å². The summed E-state index contributed by atoms with van der Waals surface area (Å²) >= 11 is 1.75. The predicted molar refractivity (Wildman–Crippen MR) is 72.5 cm³/mol. The first-order valence-electron chi connectivity index (χ1n) is 7.00. The number of aromatic nitrogens is 1. The molecule has 0 bridgehead atoms. The summed E-state index contributed by atoms with van der Waals surface area (Å²) in [5, 5.41) is 3.30. The Kier molecular flexibility index (Phi) is 3.64. The zero-order valence-electron chi connectivity index (χ0n) is 10.7. The Morgan fingerprint density at radius 2 is 2.11 bits per heavy atom. The van der Waals surface area contributed by atoms with E-state index in [1.807, 2.05) is 11.6 Å². The standard InChI is InChI=1S/C14H20N2OS/c17-14(12-2-1-3-12)16-7-4-11(5-8-16)10-13-15-6-9-18-13/h6,9,11-12H,1-5,7-8,10H2. The van der Waals surface area contributed by atoms with Crippen LogP contribution in [0.4, 0.5) is 0 Å². The number of thiazole rings is 1. The second kappa shape index (κ2) is 5.39. The molecule has 1 aliphatic heterocycles. The molecule has 3 nitrogen and oxygen atoms in total. The highest BCUT2D eigenvalue weighted by molar-refractivity contribution is 7.09. The monoisotopic (exact) mass is 264 g/mol. The van der Waals surface area contributed by atoms with Gasteiger partial charge in [-0.2, -0.15) is 0 Å². The molecule has 0 atom stereocenters. The summed E-state index contributed by atoms with van der Waals surface area (Å²) in [6.45, 7) is 1.93. The molecule has 2 fully saturated rings. The molecule has 1 amide bonds. The molecular formula is C14H20N2OS. The molecule has 1 saturated heterocycles. The van der Waals surface area contributed by atoms with Crippen LogP contribution in [0.25, 0.3) is 0 Å². The van der Waals surface area contributed by atoms with Gasteiger partial charge in [-0.05, 0) is 31.6 Å². The second-order valence-electron chi connectivity index (χ2n) is 5.53. The third kappa shape index (κ3) is 2.58. The van der Waals surface area contributed by atoms with Crippen molar-refractivity contribution in [1.29, 1.82) is 0 Å². The Hall–Kier alpha value is -0.900. The van der Waals surface area contributed by atoms with Gasteiger partial charge in [-0.1, -0.05) is 6.42 Å². The number of hydrogen-bond acceptors (Lipinski definition) is 3. The van der Waals surface area contributed by atoms with Crippen molar-refractivity contribution in [3.63, 3.8) is 0 Å². The van der Waals surface area contributed by atoms with Crippen LogP contribution >= 0.6 is 11.3 Å². The fourth-order valence-electron chi connectivity index (χ4n) is 2.87. The van der Waals surface area contributed by atoms with Crippen molar-refractivity contribution in [2.24, 2.45) is 11.8 Å². The van der Waals surface area contributed by atoms with E-state index in [-0.39, 0.29) is 0 Å². The summed E-state index contributed by atoms with van der Waals surface area (Å²) in [5.74, 6) is 1.51. The van der Waals surface area contributed by atoms with Crippen molar-refractivity contribution in [3.05, 3.63) is 16.6 Å². The average Bonchev–Trinajstić information content (AvgIpc) is 2.80. The first-order valence-corrected chi connectivity index (χ1v) is 7.88. The highest BCUT2D eigenvalue weighted by Crippen LogP contribution is 2.30. The molecule has 0 N–H and O–H groups in total. The third-order valence-electron chi connectivity index (χ3n) is 4.33. The summed E-state index contributed by atoms with van der Waals surface area (Å²) < 4.78 is 0. The lowest BCUT2D eigenvalue weighted by molar-refractivity contribution is -0.139. The van der Waals surface area contributed by atoms with Gasteiger partial charge in [0.2, 0.25) is 5.91 Å². The normalized spacial score (nSPS) is 21.9. The highest BCUT2D eigenvalue weighted by Gasteiger charge is 2.31. The van der Waals surface area contributed by atoms with Crippen molar-refractivity contribution in [2.45, 2.75) is 38.5 Å². The fraction of sp³-hybridized carbons (Fsp3) is 0.714. The maximum atomic E-state index is 12.1. The van der Waals surface area contributed by atoms with Crippen LogP contribution in [-0.4, -0.2) is 28.9 Å². The molecule has 1 saturated carbocycles. The smallest absolute Gasteiger partial charge is 0.225 e. The second-order valence-corrected chi connectivity index (χ2v) is 6.51. The van der Waals surface area contributed by atoms with Crippen LogP contribution in [0.1, 0.15) is 37.1 Å². The van der Waals surface area contributed by atoms with Crippen LogP contribution in [0.5, 0.6) is 0 Å². The molecule has 3 rings (SSSR count). The van der Waals surface area contributed by atoms with E-state index in [1.165, 1.54) is 11.4 Å². The average molecular weight is 264 g/mol. The molecular weight excluding hydrogens is 244 g/mol. The molecule has 2 heterocycles. The van der Waals surface area contributed by atoms with Gasteiger partial charge in [0.1, 0.15) is 0 Å². The maximum absolute atomic E-state index is 12.1. The Morgan fingerprint density at radius 1 is 1.33 bits per heavy atom. The van der Waals surface area contributed by atoms with Crippen molar-refractivity contribution >= 4 is 17.2 Å². The molecule has 0 aromatic carbocycles. The minimum absolute atomic E-state index is 0.362. The largest absolute Gasteiger partial charge is 0.342 e. The molecule has 98 valence electrons. The summed E-state index contributed by atoms with van der Waals surface area (Å²) in [6.07, 6.45) is 8.78. The number of likely N-dealkylation sites (tertiary alicyclic amines) is 1. The van der Waals surface area contributed by atoms with Gasteiger partial charge in [-0.3, -0.25) is 4.79 Å². The summed E-state index contributed by atoms with van der Waals surface area (Å²) in [5.41, 5.74) is 0. The van der Waals surface area contributed by atoms with Gasteiger partial charge in [0, 0.05) is 37.0 Å². The van der Waals surface area contributed by atoms with Crippen molar-refractivity contribution in [3.8, 4) is 0 Å². The number of amides is 1. The number of hydrogen-bond donors (Lipinski definition) is 0. The predicted octanol–water partition coefficient (Wildman–Crippen LogP) is 2.72. The summed E-state index contributed by atoms with van der Waals surface area (Å²) in [6, 6.07) is 0. The molecule has 2 aliphatic rings. The number of carbonyl (C=O) groups is 1. The Bertz CT molecular complexity index is 392. The molecule has 0 radical (unpaired) electrons. The van der Waals surface area contributed by atoms with Crippen LogP contribution in [0.2, 0.25) is 0 Å². The van der Waals surface area contributed by atoms with Gasteiger partial charge in [0.25, 0.3) is 0 Å². The van der Waals surface area contributed by atoms with Crippen LogP contribution in [0.15, 0.2) is 11.6 Å². The number of carbonyl (C=O) groups excluding carboxylic acids is 1. The minimum atomic E-state index is 0.362. The van der Waals surface area contributed by atoms with Gasteiger partial charge in [0.05, 0.1) is 5.01 Å². The minimum Gasteiger partial charge on any atom is -0.342 e. The Morgan fingerprint density at radius 3 is 2.67 bits per heavy atom. The van der Waals surface area contributed by atoms with Crippen LogP contribution < -0.4 is 0 Å². The summed E-state index contributed by atoms with van der Waals surface area (Å²) in [7, 11) is 0. The molecule has 0 spiro atoms. The van der Waals surface area contributed by atoms with Crippen molar-refractivity contribution in [1.82, 2.24) is 9.88 Å². The first kappa shape index (κ1) is 12.2. The number of piperidine rings is 1. The van der Waals surface area contributed by atoms with E-state index >= 15 is 0 Å². The van der Waals surface area contributed by atoms with Gasteiger partial charge in [0.15, 0.2) is 0 Å². The van der Waals surface area contributed by atoms with E-state index in [1.54, 1.807) is 11.3 Å². The zero-order chi connectivity index (χ0) is 12.4. The quantitative estimate of drug-likeness (QED) is 0.841. The van der Waals surface area contributed by atoms with Crippen LogP contribution in [0, 0.1) is 11.8 Å². The molecule has 18 heavy (non-hydrogen) atoms. The van der Waals surface area contributed by atoms with Crippen LogP contribution in [0.3, 0.4) is 0 Å². The lowest BCUT2D eigenvalue weighted by Gasteiger charge is -2.36. The maximum Gasteiger partial charge on any atom is 0.225 e. The van der Waals surface area contributed by atoms with E-state index in [0.717, 1.165) is 51.1 Å². The van der Waals surface area contributed by atoms with E-state index < -0.39 is 0 Å². The molecule has 1 aliphatic carbocycles. The molecule has 1 aromatic rings. The van der Waals surface area contributed by atoms with Gasteiger partial charge in [-0.25, -0.2) is 4.98 Å². The summed E-state index contributed by atoms with van der Waals surface area (Å²) in [4.78, 5) is 18.6. The van der Waals surface area contributed by atoms with E-state index in [2.05, 4.69) is 9.88 Å². The number of rotatable bonds is 3. The van der Waals surface area contributed by atoms with Gasteiger partial charge >= 0.3 is 0 Å². The number of nitrogens with zero attached hydrogens (tertiary/aromatic N) is 2. The Labute approximate surface area is 112 Å². The molecule has 4 heteroatoms. The van der Waals surface area contributed by atoms with Crippen molar-refractivity contribution < 1.29 is 4.79 Å². The Balaban J connectivity index is 1.47. The van der Waals surface area contributed by atoms with Gasteiger partial charge < -0.3 is 4.90 Å². The highest BCUT2D eigenvalue weighted by atomic mass is 32.1. The first-order chi connectivity index (χ1) is 8.83. The molecule has 1 aromatic heterocycles. The molecule has 0 unspecified atom stereocenters. The third-order valence-corrected chi connectivity index (χ3v) is 5.13.